The van der Waals surface area contributed by atoms with Crippen LogP contribution in [0.25, 0.3) is 11.3 Å². The molecule has 0 radical (unpaired) electrons. The van der Waals surface area contributed by atoms with Crippen molar-refractivity contribution >= 4 is 23.2 Å². The summed E-state index contributed by atoms with van der Waals surface area (Å²) in [5.74, 6) is 1.91. The highest BCUT2D eigenvalue weighted by atomic mass is 35.5. The summed E-state index contributed by atoms with van der Waals surface area (Å²) < 4.78 is 31.1. The normalized spacial score (nSPS) is 20.5. The molecule has 4 aromatic rings. The second-order valence-electron chi connectivity index (χ2n) is 10.4. The predicted octanol–water partition coefficient (Wildman–Crippen LogP) is 7.72. The molecule has 0 amide bonds. The molecule has 6 nitrogen and oxygen atoms in total. The summed E-state index contributed by atoms with van der Waals surface area (Å²) in [6.07, 6.45) is 4.75. The van der Waals surface area contributed by atoms with E-state index in [9.17, 15) is 9.50 Å². The molecule has 39 heavy (non-hydrogen) atoms. The molecule has 0 aliphatic heterocycles. The van der Waals surface area contributed by atoms with E-state index in [4.69, 9.17) is 37.2 Å². The second-order valence-corrected chi connectivity index (χ2v) is 11.2. The molecule has 2 aliphatic rings. The zero-order valence-corrected chi connectivity index (χ0v) is 23.0. The number of aromatic nitrogens is 2. The first kappa shape index (κ1) is 26.1. The van der Waals surface area contributed by atoms with Gasteiger partial charge >= 0.3 is 0 Å². The minimum absolute atomic E-state index is 0.125. The number of benzene rings is 2. The Morgan fingerprint density at radius 2 is 1.90 bits per heavy atom. The number of halogens is 3. The van der Waals surface area contributed by atoms with E-state index >= 15 is 0 Å². The van der Waals surface area contributed by atoms with Gasteiger partial charge in [-0.15, -0.1) is 0 Å². The predicted molar refractivity (Wildman–Crippen MR) is 146 cm³/mol. The van der Waals surface area contributed by atoms with E-state index in [1.54, 1.807) is 32.4 Å². The highest BCUT2D eigenvalue weighted by molar-refractivity contribution is 6.33. The highest BCUT2D eigenvalue weighted by Crippen LogP contribution is 2.54. The van der Waals surface area contributed by atoms with Crippen LogP contribution in [0.2, 0.25) is 10.0 Å². The van der Waals surface area contributed by atoms with Crippen LogP contribution in [0.3, 0.4) is 0 Å². The number of pyridine rings is 1. The van der Waals surface area contributed by atoms with E-state index in [-0.39, 0.29) is 23.5 Å². The molecule has 9 heteroatoms. The van der Waals surface area contributed by atoms with Gasteiger partial charge in [0.15, 0.2) is 0 Å². The average molecular weight is 569 g/mol. The summed E-state index contributed by atoms with van der Waals surface area (Å²) in [4.78, 5) is 4.27. The van der Waals surface area contributed by atoms with Gasteiger partial charge in [0.2, 0.25) is 5.88 Å². The van der Waals surface area contributed by atoms with E-state index in [0.29, 0.717) is 51.9 Å². The van der Waals surface area contributed by atoms with Gasteiger partial charge < -0.3 is 19.1 Å². The largest absolute Gasteiger partial charge is 0.489 e. The monoisotopic (exact) mass is 568 g/mol. The molecule has 2 saturated carbocycles. The number of nitrogens with zero attached hydrogens (tertiary/aromatic N) is 2. The highest BCUT2D eigenvalue weighted by Gasteiger charge is 2.46. The van der Waals surface area contributed by atoms with Crippen LogP contribution in [0, 0.1) is 12.7 Å². The topological polar surface area (TPSA) is 77.6 Å². The maximum atomic E-state index is 13.9. The van der Waals surface area contributed by atoms with Crippen LogP contribution in [0.15, 0.2) is 53.2 Å². The summed E-state index contributed by atoms with van der Waals surface area (Å²) in [6.45, 7) is 1.97. The van der Waals surface area contributed by atoms with Gasteiger partial charge in [0.05, 0.1) is 28.3 Å². The van der Waals surface area contributed by atoms with Crippen molar-refractivity contribution in [3.63, 3.8) is 0 Å². The first-order chi connectivity index (χ1) is 18.8. The number of rotatable bonds is 8. The summed E-state index contributed by atoms with van der Waals surface area (Å²) >= 11 is 13.1. The first-order valence-electron chi connectivity index (χ1n) is 12.9. The molecule has 2 aromatic carbocycles. The quantitative estimate of drug-likeness (QED) is 0.234. The number of hydrogen-bond acceptors (Lipinski definition) is 6. The molecule has 0 saturated heterocycles. The van der Waals surface area contributed by atoms with Crippen molar-refractivity contribution in [3.05, 3.63) is 92.5 Å². The lowest BCUT2D eigenvalue weighted by atomic mass is 9.65. The molecular formula is C30H27Cl2FN2O4. The van der Waals surface area contributed by atoms with Crippen molar-refractivity contribution in [2.45, 2.75) is 56.7 Å². The van der Waals surface area contributed by atoms with Gasteiger partial charge in [-0.2, -0.15) is 0 Å². The molecule has 6 rings (SSSR count). The van der Waals surface area contributed by atoms with Crippen LogP contribution in [0.4, 0.5) is 4.39 Å². The number of aliphatic hydroxyl groups is 1. The SMILES string of the molecule is COc1ncccc1C1CC(O)(c2ccc(OCc3c(-c4c(C)cc(F)cc4Cl)noc3C3CC3)cc2Cl)C1. The van der Waals surface area contributed by atoms with Crippen molar-refractivity contribution in [2.75, 3.05) is 7.11 Å². The van der Waals surface area contributed by atoms with Crippen molar-refractivity contribution in [3.8, 4) is 22.9 Å². The van der Waals surface area contributed by atoms with Crippen molar-refractivity contribution in [2.24, 2.45) is 0 Å². The van der Waals surface area contributed by atoms with E-state index in [0.717, 1.165) is 29.7 Å². The molecule has 0 atom stereocenters. The lowest BCUT2D eigenvalue weighted by Gasteiger charge is -2.44. The number of aryl methyl sites for hydroxylation is 1. The summed E-state index contributed by atoms with van der Waals surface area (Å²) in [7, 11) is 1.60. The van der Waals surface area contributed by atoms with Gasteiger partial charge in [0, 0.05) is 28.8 Å². The fourth-order valence-corrected chi connectivity index (χ4v) is 6.21. The lowest BCUT2D eigenvalue weighted by molar-refractivity contribution is -0.0554. The van der Waals surface area contributed by atoms with Gasteiger partial charge in [0.25, 0.3) is 0 Å². The minimum Gasteiger partial charge on any atom is -0.489 e. The van der Waals surface area contributed by atoms with E-state index in [1.807, 2.05) is 18.2 Å². The zero-order valence-electron chi connectivity index (χ0n) is 21.5. The average Bonchev–Trinajstić information content (AvgIpc) is 3.65. The third-order valence-electron chi connectivity index (χ3n) is 7.68. The van der Waals surface area contributed by atoms with Crippen molar-refractivity contribution in [1.29, 1.82) is 0 Å². The van der Waals surface area contributed by atoms with Crippen LogP contribution >= 0.6 is 23.2 Å². The van der Waals surface area contributed by atoms with Crippen LogP contribution in [0.5, 0.6) is 11.6 Å². The maximum absolute atomic E-state index is 13.9. The standard InChI is InChI=1S/C30H27Cl2FN2O4/c1-16-10-19(33)11-25(32)26(16)27-22(28(39-35-27)17-5-6-17)15-38-20-7-8-23(24(31)12-20)30(36)13-18(14-30)21-4-3-9-34-29(21)37-2/h3-4,7-12,17-18,36H,5-6,13-15H2,1-2H3. The van der Waals surface area contributed by atoms with Gasteiger partial charge in [-0.3, -0.25) is 0 Å². The Bertz CT molecular complexity index is 1520. The van der Waals surface area contributed by atoms with Crippen molar-refractivity contribution in [1.82, 2.24) is 10.1 Å². The molecule has 0 unspecified atom stereocenters. The Labute approximate surface area is 235 Å². The third kappa shape index (κ3) is 4.88. The third-order valence-corrected chi connectivity index (χ3v) is 8.29. The van der Waals surface area contributed by atoms with Crippen LogP contribution in [-0.4, -0.2) is 22.4 Å². The Morgan fingerprint density at radius 3 is 2.59 bits per heavy atom. The van der Waals surface area contributed by atoms with Gasteiger partial charge in [-0.1, -0.05) is 40.5 Å². The molecule has 0 spiro atoms. The van der Waals surface area contributed by atoms with E-state index in [1.165, 1.54) is 12.1 Å². The van der Waals surface area contributed by atoms with Crippen LogP contribution in [-0.2, 0) is 12.2 Å². The van der Waals surface area contributed by atoms with Crippen LogP contribution < -0.4 is 9.47 Å². The minimum atomic E-state index is -1.04. The smallest absolute Gasteiger partial charge is 0.216 e. The van der Waals surface area contributed by atoms with E-state index < -0.39 is 11.4 Å². The second kappa shape index (κ2) is 10.1. The summed E-state index contributed by atoms with van der Waals surface area (Å²) in [5, 5.41) is 16.3. The first-order valence-corrected chi connectivity index (χ1v) is 13.6. The summed E-state index contributed by atoms with van der Waals surface area (Å²) in [6, 6.07) is 11.9. The Kier molecular flexibility index (Phi) is 6.78. The number of methoxy groups -OCH3 is 1. The maximum Gasteiger partial charge on any atom is 0.216 e. The molecule has 0 bridgehead atoms. The van der Waals surface area contributed by atoms with Gasteiger partial charge in [-0.25, -0.2) is 9.37 Å². The molecule has 2 aliphatic carbocycles. The number of hydrogen-bond donors (Lipinski definition) is 1. The van der Waals surface area contributed by atoms with E-state index in [2.05, 4.69) is 10.1 Å². The van der Waals surface area contributed by atoms with Gasteiger partial charge in [-0.05, 0) is 74.4 Å². The Hall–Kier alpha value is -3.13. The van der Waals surface area contributed by atoms with Crippen LogP contribution in [0.1, 0.15) is 65.5 Å². The zero-order chi connectivity index (χ0) is 27.3. The molecular weight excluding hydrogens is 542 g/mol. The Morgan fingerprint density at radius 1 is 1.10 bits per heavy atom. The molecule has 2 heterocycles. The summed E-state index contributed by atoms with van der Waals surface area (Å²) in [5.41, 5.74) is 3.25. The fraction of sp³-hybridized carbons (Fsp3) is 0.333. The molecule has 2 aromatic heterocycles. The fourth-order valence-electron chi connectivity index (χ4n) is 5.52. The van der Waals surface area contributed by atoms with Crippen molar-refractivity contribution < 1.29 is 23.5 Å². The molecule has 202 valence electrons. The van der Waals surface area contributed by atoms with Gasteiger partial charge in [0.1, 0.15) is 29.6 Å². The lowest BCUT2D eigenvalue weighted by Crippen LogP contribution is -2.40. The molecule has 2 fully saturated rings. The molecule has 1 N–H and O–H groups in total. The Balaban J connectivity index is 1.21. The number of ether oxygens (including phenoxy) is 2.